The van der Waals surface area contributed by atoms with Gasteiger partial charge < -0.3 is 31.1 Å². The Morgan fingerprint density at radius 1 is 1.08 bits per heavy atom. The molecule has 0 spiro atoms. The van der Waals surface area contributed by atoms with Crippen molar-refractivity contribution >= 4 is 29.1 Å². The zero-order valence-corrected chi connectivity index (χ0v) is 22.0. The maximum Gasteiger partial charge on any atom is 0.255 e. The molecule has 5 rings (SSSR count). The molecule has 1 aromatic heterocycles. The van der Waals surface area contributed by atoms with Crippen molar-refractivity contribution in [3.8, 4) is 16.9 Å². The van der Waals surface area contributed by atoms with Crippen LogP contribution in [-0.4, -0.2) is 87.6 Å². The lowest BCUT2D eigenvalue weighted by molar-refractivity contribution is -0.153. The fourth-order valence-electron chi connectivity index (χ4n) is 6.32. The number of phenols is 1. The number of ketones is 2. The molecule has 0 aliphatic heterocycles. The maximum atomic E-state index is 13.9. The van der Waals surface area contributed by atoms with Gasteiger partial charge in [0.1, 0.15) is 28.7 Å². The Balaban J connectivity index is 1.70. The van der Waals surface area contributed by atoms with Gasteiger partial charge in [0.05, 0.1) is 11.6 Å². The van der Waals surface area contributed by atoms with Crippen molar-refractivity contribution in [2.45, 2.75) is 24.5 Å². The smallest absolute Gasteiger partial charge is 0.255 e. The third-order valence-corrected chi connectivity index (χ3v) is 8.12. The van der Waals surface area contributed by atoms with Crippen LogP contribution >= 0.6 is 0 Å². The summed E-state index contributed by atoms with van der Waals surface area (Å²) in [6, 6.07) is 5.68. The van der Waals surface area contributed by atoms with Crippen LogP contribution in [0.2, 0.25) is 0 Å². The van der Waals surface area contributed by atoms with Crippen LogP contribution in [0, 0.1) is 11.8 Å². The number of primary amides is 1. The first-order valence-corrected chi connectivity index (χ1v) is 12.4. The van der Waals surface area contributed by atoms with Gasteiger partial charge in [0.25, 0.3) is 5.91 Å². The van der Waals surface area contributed by atoms with E-state index < -0.39 is 58.0 Å². The number of carbonyl (C=O) groups excluding carboxylic acids is 3. The predicted octanol–water partition coefficient (Wildman–Crippen LogP) is 1.09. The van der Waals surface area contributed by atoms with Crippen LogP contribution in [0.3, 0.4) is 0 Å². The number of aromatic hydroxyl groups is 1. The second-order valence-corrected chi connectivity index (χ2v) is 10.7. The molecule has 1 unspecified atom stereocenters. The zero-order valence-electron chi connectivity index (χ0n) is 22.0. The number of aliphatic hydroxyl groups is 3. The van der Waals surface area contributed by atoms with Gasteiger partial charge in [-0.1, -0.05) is 6.07 Å². The topological polar surface area (TPSA) is 178 Å². The molecule has 0 bridgehead atoms. The molecule has 39 heavy (non-hydrogen) atoms. The van der Waals surface area contributed by atoms with Gasteiger partial charge in [-0.25, -0.2) is 4.98 Å². The average molecular weight is 535 g/mol. The first kappa shape index (κ1) is 26.4. The lowest BCUT2D eigenvalue weighted by Crippen LogP contribution is -2.65. The number of fused-ring (bicyclic) bond motifs is 3. The Labute approximate surface area is 224 Å². The summed E-state index contributed by atoms with van der Waals surface area (Å²) in [6.07, 6.45) is 1.91. The number of pyridine rings is 1. The zero-order chi connectivity index (χ0) is 28.5. The lowest BCUT2D eigenvalue weighted by Gasteiger charge is -2.50. The number of Topliss-reactive ketones (excluding diaryl/α,β-unsaturated/α-hetero) is 2. The number of benzene rings is 1. The third-order valence-electron chi connectivity index (χ3n) is 8.12. The van der Waals surface area contributed by atoms with E-state index in [9.17, 15) is 34.8 Å². The molecule has 11 nitrogen and oxygen atoms in total. The van der Waals surface area contributed by atoms with E-state index in [1.165, 1.54) is 11.0 Å². The van der Waals surface area contributed by atoms with Crippen molar-refractivity contribution in [2.24, 2.45) is 17.6 Å². The first-order valence-electron chi connectivity index (χ1n) is 12.4. The van der Waals surface area contributed by atoms with Gasteiger partial charge in [-0.05, 0) is 62.2 Å². The number of aromatic nitrogens is 1. The summed E-state index contributed by atoms with van der Waals surface area (Å²) < 4.78 is 0. The van der Waals surface area contributed by atoms with E-state index in [4.69, 9.17) is 5.73 Å². The highest BCUT2D eigenvalue weighted by molar-refractivity contribution is 6.24. The monoisotopic (exact) mass is 534 g/mol. The van der Waals surface area contributed by atoms with Crippen molar-refractivity contribution < 1.29 is 34.8 Å². The number of nitrogens with zero attached hydrogens (tertiary/aromatic N) is 3. The van der Waals surface area contributed by atoms with Gasteiger partial charge in [-0.3, -0.25) is 19.3 Å². The van der Waals surface area contributed by atoms with Gasteiger partial charge in [0, 0.05) is 37.3 Å². The Morgan fingerprint density at radius 3 is 2.33 bits per heavy atom. The Bertz CT molecular complexity index is 1490. The highest BCUT2D eigenvalue weighted by Crippen LogP contribution is 2.53. The van der Waals surface area contributed by atoms with Crippen LogP contribution in [-0.2, 0) is 20.8 Å². The molecule has 1 aromatic carbocycles. The highest BCUT2D eigenvalue weighted by atomic mass is 16.3. The number of carbonyl (C=O) groups is 3. The van der Waals surface area contributed by atoms with Crippen LogP contribution in [0.5, 0.6) is 5.75 Å². The van der Waals surface area contributed by atoms with E-state index >= 15 is 0 Å². The predicted molar refractivity (Wildman–Crippen MR) is 142 cm³/mol. The molecule has 1 fully saturated rings. The quantitative estimate of drug-likeness (QED) is 0.357. The number of aliphatic hydroxyl groups excluding tert-OH is 2. The van der Waals surface area contributed by atoms with E-state index in [2.05, 4.69) is 4.98 Å². The van der Waals surface area contributed by atoms with Crippen molar-refractivity contribution in [2.75, 3.05) is 33.1 Å². The molecular formula is C28H30N4O7. The number of likely N-dealkylation sites (N-methyl/N-ethyl adjacent to an activating group) is 1. The molecule has 1 saturated carbocycles. The number of anilines is 1. The molecule has 3 aliphatic rings. The number of phenolic OH excluding ortho intramolecular Hbond substituents is 1. The van der Waals surface area contributed by atoms with E-state index in [1.807, 2.05) is 31.1 Å². The molecule has 6 N–H and O–H groups in total. The van der Waals surface area contributed by atoms with Crippen LogP contribution in [0.4, 0.5) is 5.82 Å². The molecular weight excluding hydrogens is 504 g/mol. The summed E-state index contributed by atoms with van der Waals surface area (Å²) in [6.45, 7) is 0. The minimum Gasteiger partial charge on any atom is -0.508 e. The third kappa shape index (κ3) is 3.64. The summed E-state index contributed by atoms with van der Waals surface area (Å²) in [4.78, 5) is 47.0. The lowest BCUT2D eigenvalue weighted by atomic mass is 9.57. The number of hydrogen-bond donors (Lipinski definition) is 5. The van der Waals surface area contributed by atoms with E-state index in [-0.39, 0.29) is 29.7 Å². The second kappa shape index (κ2) is 8.92. The van der Waals surface area contributed by atoms with Crippen LogP contribution in [0.1, 0.15) is 17.5 Å². The van der Waals surface area contributed by atoms with Gasteiger partial charge in [0.2, 0.25) is 5.78 Å². The first-order chi connectivity index (χ1) is 18.3. The Hall–Kier alpha value is -4.22. The summed E-state index contributed by atoms with van der Waals surface area (Å²) in [5.74, 6) is -6.02. The minimum absolute atomic E-state index is 0.0265. The molecule has 11 heteroatoms. The number of rotatable bonds is 4. The average Bonchev–Trinajstić information content (AvgIpc) is 2.86. The highest BCUT2D eigenvalue weighted by Gasteiger charge is 2.64. The SMILES string of the molecule is CN(C)c1ccc(-c2ccc(O)c3c2C[C@H]2C[C@H]4C(N(C)C)C(=O)C(C(N)=O)=C(O)[C@@]4(O)C(=O)C2=C3O)cn1. The van der Waals surface area contributed by atoms with Crippen molar-refractivity contribution in [3.05, 3.63) is 58.5 Å². The van der Waals surface area contributed by atoms with Crippen molar-refractivity contribution in [1.29, 1.82) is 0 Å². The largest absolute Gasteiger partial charge is 0.508 e. The molecule has 0 radical (unpaired) electrons. The summed E-state index contributed by atoms with van der Waals surface area (Å²) >= 11 is 0. The molecule has 1 heterocycles. The van der Waals surface area contributed by atoms with Gasteiger partial charge in [-0.15, -0.1) is 0 Å². The minimum atomic E-state index is -2.66. The Kier molecular flexibility index (Phi) is 6.04. The van der Waals surface area contributed by atoms with E-state index in [1.54, 1.807) is 26.4 Å². The van der Waals surface area contributed by atoms with E-state index in [0.717, 1.165) is 11.4 Å². The molecule has 2 aromatic rings. The molecule has 4 atom stereocenters. The molecule has 0 saturated heterocycles. The number of amides is 1. The van der Waals surface area contributed by atoms with Gasteiger partial charge in [-0.2, -0.15) is 0 Å². The number of nitrogens with two attached hydrogens (primary N) is 1. The molecule has 1 amide bonds. The maximum absolute atomic E-state index is 13.9. The summed E-state index contributed by atoms with van der Waals surface area (Å²) in [7, 11) is 6.86. The van der Waals surface area contributed by atoms with Gasteiger partial charge >= 0.3 is 0 Å². The molecule has 3 aliphatic carbocycles. The molecule has 204 valence electrons. The Morgan fingerprint density at radius 2 is 1.77 bits per heavy atom. The van der Waals surface area contributed by atoms with Gasteiger partial charge in [0.15, 0.2) is 11.4 Å². The second-order valence-electron chi connectivity index (χ2n) is 10.7. The van der Waals surface area contributed by atoms with Crippen LogP contribution in [0.15, 0.2) is 47.4 Å². The fourth-order valence-corrected chi connectivity index (χ4v) is 6.32. The number of hydrogen-bond acceptors (Lipinski definition) is 10. The van der Waals surface area contributed by atoms with Crippen molar-refractivity contribution in [1.82, 2.24) is 9.88 Å². The summed E-state index contributed by atoms with van der Waals surface area (Å²) in [5, 5.41) is 44.7. The summed E-state index contributed by atoms with van der Waals surface area (Å²) in [5.41, 5.74) is 3.73. The van der Waals surface area contributed by atoms with Crippen LogP contribution in [0.25, 0.3) is 16.9 Å². The fraction of sp³-hybridized carbons (Fsp3) is 0.357. The normalized spacial score (nSPS) is 26.4. The standard InChI is InChI=1S/C28H30N4O7/c1-31(2)18-8-5-12(11-30-18)14-6-7-17(33)20-15(14)9-13-10-16-22(32(3)4)24(35)21(27(29)38)26(37)28(16,39)25(36)19(13)23(20)34/h5-8,11,13,16,22,33-34,37,39H,9-10H2,1-4H3,(H2,29,38)/t13-,16-,22?,28-/m0/s1. The van der Waals surface area contributed by atoms with Crippen molar-refractivity contribution in [3.63, 3.8) is 0 Å². The van der Waals surface area contributed by atoms with Crippen LogP contribution < -0.4 is 10.6 Å². The van der Waals surface area contributed by atoms with E-state index in [0.29, 0.717) is 11.1 Å².